The predicted molar refractivity (Wildman–Crippen MR) is 107 cm³/mol. The highest BCUT2D eigenvalue weighted by atomic mass is 79.9. The van der Waals surface area contributed by atoms with Crippen molar-refractivity contribution in [3.63, 3.8) is 0 Å². The maximum Gasteiger partial charge on any atom is 0.335 e. The van der Waals surface area contributed by atoms with Crippen LogP contribution in [0.5, 0.6) is 0 Å². The number of amides is 4. The molecule has 0 bridgehead atoms. The molecule has 6 nitrogen and oxygen atoms in total. The van der Waals surface area contributed by atoms with Crippen molar-refractivity contribution in [1.82, 2.24) is 5.32 Å². The third-order valence-electron chi connectivity index (χ3n) is 4.21. The predicted octanol–water partition coefficient (Wildman–Crippen LogP) is 4.51. The summed E-state index contributed by atoms with van der Waals surface area (Å²) >= 11 is 3.29. The van der Waals surface area contributed by atoms with Crippen LogP contribution in [0.15, 0.2) is 75.1 Å². The minimum Gasteiger partial charge on any atom is -0.457 e. The third-order valence-corrected chi connectivity index (χ3v) is 4.70. The Morgan fingerprint density at radius 3 is 2.48 bits per heavy atom. The highest BCUT2D eigenvalue weighted by molar-refractivity contribution is 9.10. The van der Waals surface area contributed by atoms with Gasteiger partial charge in [-0.2, -0.15) is 0 Å². The van der Waals surface area contributed by atoms with Crippen molar-refractivity contribution in [3.8, 4) is 11.3 Å². The van der Waals surface area contributed by atoms with Crippen molar-refractivity contribution < 1.29 is 23.2 Å². The average Bonchev–Trinajstić information content (AvgIpc) is 3.14. The van der Waals surface area contributed by atoms with Crippen LogP contribution in [0.4, 0.5) is 14.9 Å². The lowest BCUT2D eigenvalue weighted by Gasteiger charge is -2.26. The van der Waals surface area contributed by atoms with Gasteiger partial charge in [0.2, 0.25) is 0 Å². The summed E-state index contributed by atoms with van der Waals surface area (Å²) in [5.74, 6) is -1.27. The molecule has 1 aliphatic rings. The number of nitrogens with zero attached hydrogens (tertiary/aromatic N) is 1. The Bertz CT molecular complexity index is 1170. The van der Waals surface area contributed by atoms with Gasteiger partial charge < -0.3 is 4.42 Å². The van der Waals surface area contributed by atoms with Gasteiger partial charge in [-0.05, 0) is 60.7 Å². The molecule has 1 aromatic heterocycles. The Kier molecular flexibility index (Phi) is 4.85. The van der Waals surface area contributed by atoms with Crippen molar-refractivity contribution in [3.05, 3.63) is 82.3 Å². The Hall–Kier alpha value is -3.52. The van der Waals surface area contributed by atoms with Crippen LogP contribution in [-0.2, 0) is 9.59 Å². The minimum absolute atomic E-state index is 0.242. The maximum atomic E-state index is 13.1. The van der Waals surface area contributed by atoms with Gasteiger partial charge in [0.05, 0.1) is 5.69 Å². The lowest BCUT2D eigenvalue weighted by atomic mass is 10.1. The van der Waals surface area contributed by atoms with E-state index >= 15 is 0 Å². The van der Waals surface area contributed by atoms with Crippen LogP contribution in [0.25, 0.3) is 17.4 Å². The molecule has 144 valence electrons. The largest absolute Gasteiger partial charge is 0.457 e. The number of barbiturate groups is 1. The molecule has 0 aliphatic carbocycles. The van der Waals surface area contributed by atoms with Gasteiger partial charge in [0.1, 0.15) is 22.9 Å². The second-order valence-corrected chi connectivity index (χ2v) is 7.06. The first-order valence-electron chi connectivity index (χ1n) is 8.45. The molecule has 0 unspecified atom stereocenters. The van der Waals surface area contributed by atoms with Crippen LogP contribution in [0.3, 0.4) is 0 Å². The van der Waals surface area contributed by atoms with E-state index in [2.05, 4.69) is 21.2 Å². The monoisotopic (exact) mass is 454 g/mol. The normalized spacial score (nSPS) is 15.7. The zero-order chi connectivity index (χ0) is 20.5. The van der Waals surface area contributed by atoms with Crippen molar-refractivity contribution in [1.29, 1.82) is 0 Å². The van der Waals surface area contributed by atoms with E-state index in [1.165, 1.54) is 18.2 Å². The van der Waals surface area contributed by atoms with Crippen LogP contribution < -0.4 is 10.2 Å². The molecule has 29 heavy (non-hydrogen) atoms. The maximum absolute atomic E-state index is 13.1. The number of carbonyl (C=O) groups is 3. The molecular weight excluding hydrogens is 443 g/mol. The summed E-state index contributed by atoms with van der Waals surface area (Å²) in [6.07, 6.45) is 1.27. The molecule has 1 saturated heterocycles. The number of urea groups is 1. The number of carbonyl (C=O) groups excluding carboxylic acids is 3. The van der Waals surface area contributed by atoms with Gasteiger partial charge in [-0.15, -0.1) is 0 Å². The van der Waals surface area contributed by atoms with Crippen molar-refractivity contribution in [2.45, 2.75) is 0 Å². The van der Waals surface area contributed by atoms with E-state index in [4.69, 9.17) is 4.42 Å². The lowest BCUT2D eigenvalue weighted by molar-refractivity contribution is -0.122. The van der Waals surface area contributed by atoms with Crippen LogP contribution in [0, 0.1) is 5.82 Å². The molecule has 0 atom stereocenters. The fourth-order valence-corrected chi connectivity index (χ4v) is 3.24. The molecule has 1 fully saturated rings. The average molecular weight is 455 g/mol. The number of furan rings is 1. The van der Waals surface area contributed by atoms with E-state index in [0.717, 1.165) is 4.90 Å². The second kappa shape index (κ2) is 7.48. The summed E-state index contributed by atoms with van der Waals surface area (Å²) in [4.78, 5) is 38.2. The fourth-order valence-electron chi connectivity index (χ4n) is 2.85. The van der Waals surface area contributed by atoms with Crippen LogP contribution in [0.1, 0.15) is 5.76 Å². The van der Waals surface area contributed by atoms with Crippen LogP contribution in [-0.4, -0.2) is 17.8 Å². The number of hydrogen-bond donors (Lipinski definition) is 1. The van der Waals surface area contributed by atoms with Crippen molar-refractivity contribution in [2.24, 2.45) is 0 Å². The van der Waals surface area contributed by atoms with Crippen LogP contribution in [0.2, 0.25) is 0 Å². The molecule has 4 amide bonds. The zero-order valence-corrected chi connectivity index (χ0v) is 16.3. The quantitative estimate of drug-likeness (QED) is 0.466. The van der Waals surface area contributed by atoms with E-state index in [-0.39, 0.29) is 17.2 Å². The topological polar surface area (TPSA) is 79.6 Å². The Morgan fingerprint density at radius 2 is 1.76 bits per heavy atom. The molecule has 1 aliphatic heterocycles. The van der Waals surface area contributed by atoms with Crippen molar-refractivity contribution in [2.75, 3.05) is 4.90 Å². The van der Waals surface area contributed by atoms with E-state index in [0.29, 0.717) is 21.5 Å². The van der Waals surface area contributed by atoms with Crippen molar-refractivity contribution >= 4 is 45.5 Å². The SMILES string of the molecule is O=C1NC(=O)N(c2cccc(Br)c2)C(=O)/C1=C\c1ccc(-c2ccc(F)cc2)o1. The molecule has 1 N–H and O–H groups in total. The number of imide groups is 2. The Morgan fingerprint density at radius 1 is 1.00 bits per heavy atom. The van der Waals surface area contributed by atoms with E-state index in [1.54, 1.807) is 48.5 Å². The summed E-state index contributed by atoms with van der Waals surface area (Å²) in [7, 11) is 0. The number of benzene rings is 2. The molecular formula is C21H12BrFN2O4. The number of rotatable bonds is 3. The van der Waals surface area contributed by atoms with Gasteiger partial charge in [0.15, 0.2) is 0 Å². The van der Waals surface area contributed by atoms with Gasteiger partial charge in [-0.1, -0.05) is 22.0 Å². The van der Waals surface area contributed by atoms with Crippen LogP contribution >= 0.6 is 15.9 Å². The Balaban J connectivity index is 1.67. The van der Waals surface area contributed by atoms with Gasteiger partial charge in [0, 0.05) is 10.0 Å². The third kappa shape index (κ3) is 3.74. The minimum atomic E-state index is -0.832. The Labute approximate surface area is 172 Å². The first kappa shape index (κ1) is 18.8. The first-order chi connectivity index (χ1) is 13.9. The smallest absolute Gasteiger partial charge is 0.335 e. The summed E-state index contributed by atoms with van der Waals surface area (Å²) < 4.78 is 19.4. The summed E-state index contributed by atoms with van der Waals surface area (Å²) in [5.41, 5.74) is 0.706. The van der Waals surface area contributed by atoms with Gasteiger partial charge in [0.25, 0.3) is 11.8 Å². The molecule has 8 heteroatoms. The number of anilines is 1. The van der Waals surface area contributed by atoms with Gasteiger partial charge >= 0.3 is 6.03 Å². The molecule has 0 radical (unpaired) electrons. The number of nitrogens with one attached hydrogen (secondary N) is 1. The molecule has 0 saturated carbocycles. The van der Waals surface area contributed by atoms with E-state index in [1.807, 2.05) is 0 Å². The van der Waals surface area contributed by atoms with Gasteiger partial charge in [-0.25, -0.2) is 14.1 Å². The lowest BCUT2D eigenvalue weighted by Crippen LogP contribution is -2.54. The standard InChI is InChI=1S/C21H12BrFN2O4/c22-13-2-1-3-15(10-13)25-20(27)17(19(26)24-21(25)28)11-16-8-9-18(29-16)12-4-6-14(23)7-5-12/h1-11H,(H,24,26,28)/b17-11-. The molecule has 2 aromatic carbocycles. The summed E-state index contributed by atoms with van der Waals surface area (Å²) in [6.45, 7) is 0. The second-order valence-electron chi connectivity index (χ2n) is 6.15. The number of hydrogen-bond acceptors (Lipinski definition) is 4. The van der Waals surface area contributed by atoms with E-state index < -0.39 is 17.8 Å². The number of halogens is 2. The first-order valence-corrected chi connectivity index (χ1v) is 9.24. The highest BCUT2D eigenvalue weighted by Crippen LogP contribution is 2.27. The van der Waals surface area contributed by atoms with E-state index in [9.17, 15) is 18.8 Å². The summed E-state index contributed by atoms with van der Waals surface area (Å²) in [6, 6.07) is 14.7. The molecule has 2 heterocycles. The molecule has 4 rings (SSSR count). The zero-order valence-electron chi connectivity index (χ0n) is 14.7. The highest BCUT2D eigenvalue weighted by Gasteiger charge is 2.37. The fraction of sp³-hybridized carbons (Fsp3) is 0. The molecule has 0 spiro atoms. The van der Waals surface area contributed by atoms with Gasteiger partial charge in [-0.3, -0.25) is 14.9 Å². The summed E-state index contributed by atoms with van der Waals surface area (Å²) in [5, 5.41) is 2.15. The molecule has 3 aromatic rings.